The topological polar surface area (TPSA) is 26.3 Å². The molecular formula is C13H14O2S. The molecule has 16 heavy (non-hydrogen) atoms. The van der Waals surface area contributed by atoms with Gasteiger partial charge in [-0.05, 0) is 41.8 Å². The molecule has 84 valence electrons. The number of ether oxygens (including phenoxy) is 1. The van der Waals surface area contributed by atoms with Gasteiger partial charge in [0.2, 0.25) is 0 Å². The first-order valence-electron chi connectivity index (χ1n) is 5.29. The molecule has 2 rings (SSSR count). The molecule has 0 saturated heterocycles. The van der Waals surface area contributed by atoms with E-state index >= 15 is 0 Å². The van der Waals surface area contributed by atoms with Crippen LogP contribution < -0.4 is 0 Å². The van der Waals surface area contributed by atoms with Crippen molar-refractivity contribution in [3.05, 3.63) is 35.2 Å². The normalized spacial score (nSPS) is 10.8. The number of fused-ring (bicyclic) bond motifs is 1. The minimum absolute atomic E-state index is 0.0771. The van der Waals surface area contributed by atoms with Crippen LogP contribution in [0, 0.1) is 0 Å². The summed E-state index contributed by atoms with van der Waals surface area (Å²) >= 11 is 1.75. The van der Waals surface area contributed by atoms with Crippen LogP contribution in [0.4, 0.5) is 0 Å². The second-order valence-corrected chi connectivity index (χ2v) is 4.75. The van der Waals surface area contributed by atoms with Crippen LogP contribution >= 0.6 is 11.3 Å². The average Bonchev–Trinajstić information content (AvgIpc) is 2.71. The van der Waals surface area contributed by atoms with Crippen molar-refractivity contribution in [3.8, 4) is 0 Å². The van der Waals surface area contributed by atoms with Crippen LogP contribution in [0.5, 0.6) is 0 Å². The highest BCUT2D eigenvalue weighted by Gasteiger charge is 1.98. The quantitative estimate of drug-likeness (QED) is 0.743. The van der Waals surface area contributed by atoms with E-state index in [1.807, 2.05) is 0 Å². The van der Waals surface area contributed by atoms with Crippen LogP contribution in [-0.2, 0) is 16.0 Å². The van der Waals surface area contributed by atoms with E-state index in [2.05, 4.69) is 29.6 Å². The number of thiophene rings is 1. The lowest BCUT2D eigenvalue weighted by Crippen LogP contribution is -2.06. The lowest BCUT2D eigenvalue weighted by Gasteiger charge is -2.02. The molecule has 2 nitrogen and oxygen atoms in total. The number of benzene rings is 1. The monoisotopic (exact) mass is 234 g/mol. The Morgan fingerprint density at radius 1 is 1.38 bits per heavy atom. The van der Waals surface area contributed by atoms with Crippen LogP contribution in [0.25, 0.3) is 10.1 Å². The fourth-order valence-electron chi connectivity index (χ4n) is 1.58. The standard InChI is InChI=1S/C13H14O2S/c1-10(14)9-15-6-4-11-2-3-13-12(8-11)5-7-16-13/h2-3,5,7-8H,4,6,9H2,1H3. The molecule has 0 atom stereocenters. The Bertz CT molecular complexity index is 487. The summed E-state index contributed by atoms with van der Waals surface area (Å²) in [5, 5.41) is 3.38. The van der Waals surface area contributed by atoms with Crippen molar-refractivity contribution in [2.24, 2.45) is 0 Å². The van der Waals surface area contributed by atoms with Gasteiger partial charge in [0.15, 0.2) is 5.78 Å². The summed E-state index contributed by atoms with van der Waals surface area (Å²) in [5.41, 5.74) is 1.26. The summed E-state index contributed by atoms with van der Waals surface area (Å²) in [6.07, 6.45) is 0.860. The van der Waals surface area contributed by atoms with Crippen LogP contribution in [0.15, 0.2) is 29.6 Å². The van der Waals surface area contributed by atoms with Gasteiger partial charge in [0, 0.05) is 4.70 Å². The number of Topliss-reactive ketones (excluding diaryl/α,β-unsaturated/α-hetero) is 1. The lowest BCUT2D eigenvalue weighted by molar-refractivity contribution is -0.121. The lowest BCUT2D eigenvalue weighted by atomic mass is 10.1. The zero-order chi connectivity index (χ0) is 11.4. The fraction of sp³-hybridized carbons (Fsp3) is 0.308. The maximum atomic E-state index is 10.7. The van der Waals surface area contributed by atoms with Crippen molar-refractivity contribution < 1.29 is 9.53 Å². The minimum Gasteiger partial charge on any atom is -0.373 e. The highest BCUT2D eigenvalue weighted by molar-refractivity contribution is 7.17. The third-order valence-corrected chi connectivity index (χ3v) is 3.26. The van der Waals surface area contributed by atoms with Crippen LogP contribution in [-0.4, -0.2) is 19.0 Å². The Morgan fingerprint density at radius 3 is 3.06 bits per heavy atom. The van der Waals surface area contributed by atoms with Crippen molar-refractivity contribution in [2.45, 2.75) is 13.3 Å². The Kier molecular flexibility index (Phi) is 3.70. The summed E-state index contributed by atoms with van der Waals surface area (Å²) in [6, 6.07) is 8.57. The minimum atomic E-state index is 0.0771. The number of carbonyl (C=O) groups is 1. The Morgan fingerprint density at radius 2 is 2.25 bits per heavy atom. The average molecular weight is 234 g/mol. The molecule has 0 aliphatic rings. The molecule has 1 aromatic carbocycles. The smallest absolute Gasteiger partial charge is 0.155 e. The van der Waals surface area contributed by atoms with E-state index < -0.39 is 0 Å². The van der Waals surface area contributed by atoms with E-state index in [9.17, 15) is 4.79 Å². The van der Waals surface area contributed by atoms with Crippen LogP contribution in [0.1, 0.15) is 12.5 Å². The molecule has 3 heteroatoms. The van der Waals surface area contributed by atoms with Gasteiger partial charge in [0.05, 0.1) is 6.61 Å². The SMILES string of the molecule is CC(=O)COCCc1ccc2sccc2c1. The van der Waals surface area contributed by atoms with Gasteiger partial charge in [-0.15, -0.1) is 11.3 Å². The van der Waals surface area contributed by atoms with Gasteiger partial charge in [-0.3, -0.25) is 4.79 Å². The van der Waals surface area contributed by atoms with Crippen molar-refractivity contribution in [3.63, 3.8) is 0 Å². The molecule has 0 bridgehead atoms. The third-order valence-electron chi connectivity index (χ3n) is 2.36. The first-order chi connectivity index (χ1) is 7.75. The molecule has 0 aliphatic carbocycles. The van der Waals surface area contributed by atoms with Crippen LogP contribution in [0.3, 0.4) is 0 Å². The second-order valence-electron chi connectivity index (χ2n) is 3.80. The Labute approximate surface area is 98.9 Å². The predicted molar refractivity (Wildman–Crippen MR) is 67.0 cm³/mol. The number of hydrogen-bond acceptors (Lipinski definition) is 3. The molecule has 0 N–H and O–H groups in total. The molecule has 0 amide bonds. The summed E-state index contributed by atoms with van der Waals surface area (Å²) in [7, 11) is 0. The van der Waals surface area contributed by atoms with E-state index in [4.69, 9.17) is 4.74 Å². The molecule has 2 aromatic rings. The molecule has 0 saturated carbocycles. The Balaban J connectivity index is 1.91. The first kappa shape index (κ1) is 11.3. The van der Waals surface area contributed by atoms with Gasteiger partial charge >= 0.3 is 0 Å². The predicted octanol–water partition coefficient (Wildman–Crippen LogP) is 3.05. The molecule has 1 aromatic heterocycles. The molecule has 0 unspecified atom stereocenters. The van der Waals surface area contributed by atoms with Crippen molar-refractivity contribution in [1.29, 1.82) is 0 Å². The van der Waals surface area contributed by atoms with E-state index in [0.717, 1.165) is 6.42 Å². The second kappa shape index (κ2) is 5.23. The summed E-state index contributed by atoms with van der Waals surface area (Å²) in [6.45, 7) is 2.37. The van der Waals surface area contributed by atoms with Gasteiger partial charge in [-0.1, -0.05) is 12.1 Å². The van der Waals surface area contributed by atoms with Gasteiger partial charge in [0.1, 0.15) is 6.61 Å². The van der Waals surface area contributed by atoms with E-state index in [1.54, 1.807) is 11.3 Å². The highest BCUT2D eigenvalue weighted by Crippen LogP contribution is 2.21. The number of carbonyl (C=O) groups excluding carboxylic acids is 1. The fourth-order valence-corrected chi connectivity index (χ4v) is 2.35. The summed E-state index contributed by atoms with van der Waals surface area (Å²) in [5.74, 6) is 0.0771. The van der Waals surface area contributed by atoms with E-state index in [-0.39, 0.29) is 12.4 Å². The van der Waals surface area contributed by atoms with E-state index in [0.29, 0.717) is 6.61 Å². The number of rotatable bonds is 5. The van der Waals surface area contributed by atoms with Crippen molar-refractivity contribution >= 4 is 27.2 Å². The molecule has 1 heterocycles. The van der Waals surface area contributed by atoms with Gasteiger partial charge < -0.3 is 4.74 Å². The maximum absolute atomic E-state index is 10.7. The zero-order valence-corrected chi connectivity index (χ0v) is 10.0. The zero-order valence-electron chi connectivity index (χ0n) is 9.23. The van der Waals surface area contributed by atoms with Crippen LogP contribution in [0.2, 0.25) is 0 Å². The molecule has 0 radical (unpaired) electrons. The maximum Gasteiger partial charge on any atom is 0.155 e. The van der Waals surface area contributed by atoms with Gasteiger partial charge in [-0.25, -0.2) is 0 Å². The molecular weight excluding hydrogens is 220 g/mol. The van der Waals surface area contributed by atoms with Crippen molar-refractivity contribution in [1.82, 2.24) is 0 Å². The molecule has 0 spiro atoms. The highest BCUT2D eigenvalue weighted by atomic mass is 32.1. The first-order valence-corrected chi connectivity index (χ1v) is 6.17. The number of ketones is 1. The Hall–Kier alpha value is -1.19. The molecule has 0 fully saturated rings. The summed E-state index contributed by atoms with van der Waals surface area (Å²) in [4.78, 5) is 10.7. The largest absolute Gasteiger partial charge is 0.373 e. The number of hydrogen-bond donors (Lipinski definition) is 0. The van der Waals surface area contributed by atoms with Gasteiger partial charge in [0.25, 0.3) is 0 Å². The summed E-state index contributed by atoms with van der Waals surface area (Å²) < 4.78 is 6.56. The van der Waals surface area contributed by atoms with Crippen molar-refractivity contribution in [2.75, 3.05) is 13.2 Å². The third kappa shape index (κ3) is 2.90. The molecule has 0 aliphatic heterocycles. The van der Waals surface area contributed by atoms with Gasteiger partial charge in [-0.2, -0.15) is 0 Å². The van der Waals surface area contributed by atoms with E-state index in [1.165, 1.54) is 22.6 Å².